The monoisotopic (exact) mass is 376 g/mol. The maximum Gasteiger partial charge on any atom is 0.217 e. The van der Waals surface area contributed by atoms with E-state index in [1.807, 2.05) is 12.1 Å². The molecule has 1 saturated heterocycles. The summed E-state index contributed by atoms with van der Waals surface area (Å²) in [5, 5.41) is 0. The zero-order chi connectivity index (χ0) is 19.5. The number of ketones is 1. The molecule has 0 radical (unpaired) electrons. The van der Waals surface area contributed by atoms with Gasteiger partial charge >= 0.3 is 0 Å². The zero-order valence-corrected chi connectivity index (χ0v) is 17.1. The highest BCUT2D eigenvalue weighted by Crippen LogP contribution is 2.23. The first-order valence-corrected chi connectivity index (χ1v) is 10.5. The highest BCUT2D eigenvalue weighted by Gasteiger charge is 2.14. The summed E-state index contributed by atoms with van der Waals surface area (Å²) in [4.78, 5) is 21.0. The van der Waals surface area contributed by atoms with Crippen LogP contribution in [0.3, 0.4) is 0 Å². The minimum absolute atomic E-state index is 0.304. The number of pyridine rings is 1. The van der Waals surface area contributed by atoms with Crippen LogP contribution in [-0.4, -0.2) is 55.0 Å². The normalized spacial score (nSPS) is 14.9. The van der Waals surface area contributed by atoms with Crippen molar-refractivity contribution in [3.63, 3.8) is 0 Å². The number of likely N-dealkylation sites (tertiary alicyclic amines) is 1. The van der Waals surface area contributed by atoms with Crippen molar-refractivity contribution in [3.8, 4) is 5.88 Å². The molecule has 27 heavy (non-hydrogen) atoms. The minimum atomic E-state index is 0.304. The molecule has 0 atom stereocenters. The van der Waals surface area contributed by atoms with Gasteiger partial charge in [0.25, 0.3) is 0 Å². The number of piperidine rings is 1. The summed E-state index contributed by atoms with van der Waals surface area (Å²) in [5.41, 5.74) is 7.03. The molecule has 0 saturated carbocycles. The van der Waals surface area contributed by atoms with E-state index in [0.29, 0.717) is 43.5 Å². The standard InChI is InChI=1S/C21H36N4O2/c1-3-10-25(11-4-2)18-15-20(22)23-21(16-18)27-14-8-9-19(26)17-24-12-6-5-7-13-24/h15-16H,3-14,17H2,1-2H3,(H2,22,23). The van der Waals surface area contributed by atoms with Gasteiger partial charge in [0.05, 0.1) is 13.2 Å². The van der Waals surface area contributed by atoms with Crippen LogP contribution in [0.1, 0.15) is 58.8 Å². The van der Waals surface area contributed by atoms with Crippen LogP contribution in [0.5, 0.6) is 5.88 Å². The number of hydrogen-bond acceptors (Lipinski definition) is 6. The molecule has 0 bridgehead atoms. The fourth-order valence-corrected chi connectivity index (χ4v) is 3.57. The van der Waals surface area contributed by atoms with E-state index in [2.05, 4.69) is 28.6 Å². The second-order valence-corrected chi connectivity index (χ2v) is 7.40. The fraction of sp³-hybridized carbons (Fsp3) is 0.714. The quantitative estimate of drug-likeness (QED) is 0.563. The van der Waals surface area contributed by atoms with Crippen molar-refractivity contribution in [1.29, 1.82) is 0 Å². The van der Waals surface area contributed by atoms with Crippen LogP contribution in [0, 0.1) is 0 Å². The number of aromatic nitrogens is 1. The third-order valence-corrected chi connectivity index (χ3v) is 4.86. The van der Waals surface area contributed by atoms with E-state index in [-0.39, 0.29) is 0 Å². The Bertz CT molecular complexity index is 567. The number of anilines is 2. The predicted molar refractivity (Wildman–Crippen MR) is 111 cm³/mol. The Labute approximate surface area is 164 Å². The van der Waals surface area contributed by atoms with Gasteiger partial charge in [0.1, 0.15) is 11.6 Å². The van der Waals surface area contributed by atoms with Gasteiger partial charge in [0.2, 0.25) is 5.88 Å². The van der Waals surface area contributed by atoms with Crippen molar-refractivity contribution in [2.75, 3.05) is 50.0 Å². The maximum atomic E-state index is 12.1. The molecule has 6 heteroatoms. The summed E-state index contributed by atoms with van der Waals surface area (Å²) in [7, 11) is 0. The first-order chi connectivity index (χ1) is 13.1. The fourth-order valence-electron chi connectivity index (χ4n) is 3.57. The van der Waals surface area contributed by atoms with Gasteiger partial charge in [-0.25, -0.2) is 0 Å². The van der Waals surface area contributed by atoms with Gasteiger partial charge in [-0.15, -0.1) is 0 Å². The third-order valence-electron chi connectivity index (χ3n) is 4.86. The van der Waals surface area contributed by atoms with Crippen LogP contribution >= 0.6 is 0 Å². The van der Waals surface area contributed by atoms with Crippen molar-refractivity contribution in [2.45, 2.75) is 58.8 Å². The Kier molecular flexibility index (Phi) is 9.39. The number of carbonyl (C=O) groups is 1. The van der Waals surface area contributed by atoms with Crippen molar-refractivity contribution < 1.29 is 9.53 Å². The molecule has 0 aromatic carbocycles. The van der Waals surface area contributed by atoms with Gasteiger partial charge in [-0.3, -0.25) is 9.69 Å². The third kappa shape index (κ3) is 7.75. The van der Waals surface area contributed by atoms with Crippen LogP contribution in [0.2, 0.25) is 0 Å². The van der Waals surface area contributed by atoms with Crippen molar-refractivity contribution in [2.24, 2.45) is 0 Å². The van der Waals surface area contributed by atoms with Gasteiger partial charge in [0, 0.05) is 37.3 Å². The largest absolute Gasteiger partial charge is 0.478 e. The molecule has 1 aromatic heterocycles. The van der Waals surface area contributed by atoms with Crippen LogP contribution in [0.25, 0.3) is 0 Å². The first-order valence-electron chi connectivity index (χ1n) is 10.5. The molecule has 0 spiro atoms. The van der Waals surface area contributed by atoms with Gasteiger partial charge in [-0.1, -0.05) is 20.3 Å². The second kappa shape index (κ2) is 11.8. The maximum absolute atomic E-state index is 12.1. The number of carbonyl (C=O) groups excluding carboxylic acids is 1. The average Bonchev–Trinajstić information content (AvgIpc) is 2.65. The molecule has 0 unspecified atom stereocenters. The Morgan fingerprint density at radius 1 is 1.19 bits per heavy atom. The van der Waals surface area contributed by atoms with Gasteiger partial charge < -0.3 is 15.4 Å². The molecule has 1 fully saturated rings. The molecule has 6 nitrogen and oxygen atoms in total. The van der Waals surface area contributed by atoms with E-state index >= 15 is 0 Å². The number of ether oxygens (including phenoxy) is 1. The van der Waals surface area contributed by atoms with Crippen LogP contribution in [0.15, 0.2) is 12.1 Å². The number of rotatable bonds is 12. The first kappa shape index (κ1) is 21.5. The van der Waals surface area contributed by atoms with Crippen molar-refractivity contribution >= 4 is 17.3 Å². The highest BCUT2D eigenvalue weighted by atomic mass is 16.5. The zero-order valence-electron chi connectivity index (χ0n) is 17.1. The average molecular weight is 377 g/mol. The van der Waals surface area contributed by atoms with E-state index < -0.39 is 0 Å². The highest BCUT2D eigenvalue weighted by molar-refractivity contribution is 5.80. The topological polar surface area (TPSA) is 71.7 Å². The Balaban J connectivity index is 1.78. The second-order valence-electron chi connectivity index (χ2n) is 7.40. The Hall–Kier alpha value is -1.82. The molecule has 0 aliphatic carbocycles. The van der Waals surface area contributed by atoms with E-state index in [4.69, 9.17) is 10.5 Å². The van der Waals surface area contributed by atoms with Crippen LogP contribution < -0.4 is 15.4 Å². The van der Waals surface area contributed by atoms with Gasteiger partial charge in [-0.05, 0) is 45.2 Å². The Morgan fingerprint density at radius 2 is 1.89 bits per heavy atom. The molecule has 2 N–H and O–H groups in total. The smallest absolute Gasteiger partial charge is 0.217 e. The molecule has 152 valence electrons. The van der Waals surface area contributed by atoms with E-state index in [9.17, 15) is 4.79 Å². The summed E-state index contributed by atoms with van der Waals surface area (Å²) in [6.45, 7) is 9.52. The lowest BCUT2D eigenvalue weighted by atomic mass is 10.1. The lowest BCUT2D eigenvalue weighted by molar-refractivity contribution is -0.120. The minimum Gasteiger partial charge on any atom is -0.478 e. The predicted octanol–water partition coefficient (Wildman–Crippen LogP) is 3.50. The molecule has 1 aromatic rings. The van der Waals surface area contributed by atoms with Gasteiger partial charge in [0.15, 0.2) is 0 Å². The van der Waals surface area contributed by atoms with E-state index in [1.54, 1.807) is 0 Å². The van der Waals surface area contributed by atoms with E-state index in [0.717, 1.165) is 44.7 Å². The summed E-state index contributed by atoms with van der Waals surface area (Å²) >= 11 is 0. The molecular formula is C21H36N4O2. The van der Waals surface area contributed by atoms with Crippen LogP contribution in [-0.2, 0) is 4.79 Å². The summed E-state index contributed by atoms with van der Waals surface area (Å²) in [6.07, 6.45) is 7.16. The lowest BCUT2D eigenvalue weighted by Gasteiger charge is -2.25. The van der Waals surface area contributed by atoms with Crippen molar-refractivity contribution in [1.82, 2.24) is 9.88 Å². The lowest BCUT2D eigenvalue weighted by Crippen LogP contribution is -2.34. The molecule has 1 aliphatic rings. The number of nitrogens with two attached hydrogens (primary N) is 1. The molecule has 2 heterocycles. The SMILES string of the molecule is CCCN(CCC)c1cc(N)nc(OCCCC(=O)CN2CCCCC2)c1. The van der Waals surface area contributed by atoms with Gasteiger partial charge in [-0.2, -0.15) is 4.98 Å². The van der Waals surface area contributed by atoms with Crippen molar-refractivity contribution in [3.05, 3.63) is 12.1 Å². The number of nitrogen functional groups attached to an aromatic ring is 1. The molecule has 0 amide bonds. The summed E-state index contributed by atoms with van der Waals surface area (Å²) in [5.74, 6) is 1.32. The van der Waals surface area contributed by atoms with Crippen LogP contribution in [0.4, 0.5) is 11.5 Å². The van der Waals surface area contributed by atoms with E-state index in [1.165, 1.54) is 19.3 Å². The summed E-state index contributed by atoms with van der Waals surface area (Å²) in [6, 6.07) is 3.86. The number of Topliss-reactive ketones (excluding diaryl/α,β-unsaturated/α-hetero) is 1. The number of hydrogen-bond donors (Lipinski definition) is 1. The summed E-state index contributed by atoms with van der Waals surface area (Å²) < 4.78 is 5.79. The molecular weight excluding hydrogens is 340 g/mol. The molecule has 1 aliphatic heterocycles. The number of nitrogens with zero attached hydrogens (tertiary/aromatic N) is 3. The molecule has 2 rings (SSSR count). The Morgan fingerprint density at radius 3 is 2.56 bits per heavy atom.